The average Bonchev–Trinajstić information content (AvgIpc) is 2.21. The number of hydrogen-bond donors (Lipinski definition) is 1. The second-order valence-electron chi connectivity index (χ2n) is 2.41. The summed E-state index contributed by atoms with van der Waals surface area (Å²) < 4.78 is 0.324. The topological polar surface area (TPSA) is 0 Å². The second kappa shape index (κ2) is 5.40. The van der Waals surface area contributed by atoms with Crippen LogP contribution >= 0.6 is 24.4 Å². The van der Waals surface area contributed by atoms with E-state index in [1.807, 2.05) is 13.8 Å². The first-order chi connectivity index (χ1) is 6.36. The van der Waals surface area contributed by atoms with E-state index >= 15 is 0 Å². The summed E-state index contributed by atoms with van der Waals surface area (Å²) >= 11 is 6.15. The highest BCUT2D eigenvalue weighted by Gasteiger charge is 2.08. The van der Waals surface area contributed by atoms with E-state index in [-0.39, 0.29) is 0 Å². The van der Waals surface area contributed by atoms with E-state index in [4.69, 9.17) is 0 Å². The van der Waals surface area contributed by atoms with Gasteiger partial charge in [-0.2, -0.15) is 12.6 Å². The van der Waals surface area contributed by atoms with Gasteiger partial charge in [0.25, 0.3) is 0 Å². The van der Waals surface area contributed by atoms with Gasteiger partial charge in [0.15, 0.2) is 0 Å². The van der Waals surface area contributed by atoms with Crippen LogP contribution in [0.2, 0.25) is 0 Å². The predicted molar refractivity (Wildman–Crippen MR) is 65.5 cm³/mol. The van der Waals surface area contributed by atoms with Crippen LogP contribution in [-0.4, -0.2) is 4.58 Å². The molecule has 1 aliphatic heterocycles. The van der Waals surface area contributed by atoms with Crippen molar-refractivity contribution in [2.75, 3.05) is 0 Å². The van der Waals surface area contributed by atoms with Crippen LogP contribution in [-0.2, 0) is 0 Å². The molecule has 0 spiro atoms. The molecule has 1 aliphatic rings. The molecule has 1 heterocycles. The zero-order chi connectivity index (χ0) is 9.68. The number of hydrogen-bond acceptors (Lipinski definition) is 2. The summed E-state index contributed by atoms with van der Waals surface area (Å²) in [6.07, 6.45) is 4.24. The molecular formula is C11H14S2. The van der Waals surface area contributed by atoms with Crippen molar-refractivity contribution in [1.29, 1.82) is 0 Å². The zero-order valence-corrected chi connectivity index (χ0v) is 9.61. The number of benzene rings is 1. The minimum Gasteiger partial charge on any atom is -0.160 e. The Morgan fingerprint density at radius 3 is 2.69 bits per heavy atom. The molecular weight excluding hydrogens is 196 g/mol. The number of thiol groups is 1. The maximum absolute atomic E-state index is 4.36. The molecule has 2 rings (SSSR count). The van der Waals surface area contributed by atoms with Crippen molar-refractivity contribution in [1.82, 2.24) is 0 Å². The summed E-state index contributed by atoms with van der Waals surface area (Å²) in [6.45, 7) is 4.00. The monoisotopic (exact) mass is 210 g/mol. The highest BCUT2D eigenvalue weighted by atomic mass is 32.2. The molecule has 0 radical (unpaired) electrons. The van der Waals surface area contributed by atoms with Crippen molar-refractivity contribution in [3.63, 3.8) is 0 Å². The Balaban J connectivity index is 0.000000396. The van der Waals surface area contributed by atoms with Gasteiger partial charge in [0, 0.05) is 4.90 Å². The molecule has 0 nitrogen and oxygen atoms in total. The lowest BCUT2D eigenvalue weighted by Crippen LogP contribution is -1.92. The first-order valence-electron chi connectivity index (χ1n) is 4.48. The van der Waals surface area contributed by atoms with Gasteiger partial charge < -0.3 is 0 Å². The second-order valence-corrected chi connectivity index (χ2v) is 4.49. The Morgan fingerprint density at radius 2 is 1.92 bits per heavy atom. The summed E-state index contributed by atoms with van der Waals surface area (Å²) in [5.74, 6) is 0. The Morgan fingerprint density at radius 1 is 1.23 bits per heavy atom. The molecule has 1 atom stereocenters. The number of thioether (sulfide) groups is 1. The molecule has 1 unspecified atom stereocenters. The lowest BCUT2D eigenvalue weighted by Gasteiger charge is -2.13. The maximum atomic E-state index is 4.36. The quantitative estimate of drug-likeness (QED) is 0.629. The van der Waals surface area contributed by atoms with Gasteiger partial charge in [-0.1, -0.05) is 44.2 Å². The third-order valence-corrected chi connectivity index (χ3v) is 3.12. The first kappa shape index (κ1) is 10.7. The lowest BCUT2D eigenvalue weighted by atomic mass is 10.2. The summed E-state index contributed by atoms with van der Waals surface area (Å²) in [5, 5.41) is 0. The van der Waals surface area contributed by atoms with Crippen LogP contribution in [0, 0.1) is 0 Å². The van der Waals surface area contributed by atoms with Gasteiger partial charge in [-0.05, 0) is 11.6 Å². The van der Waals surface area contributed by atoms with Crippen LogP contribution in [0.4, 0.5) is 0 Å². The molecule has 0 bridgehead atoms. The van der Waals surface area contributed by atoms with Gasteiger partial charge in [0.1, 0.15) is 0 Å². The standard InChI is InChI=1S/C9H8S2.C2H6/c10-9-6-5-7-3-1-2-4-8(7)11-9;1-2/h1-6,9-10H;1-2H3. The van der Waals surface area contributed by atoms with Crippen LogP contribution in [0.25, 0.3) is 6.08 Å². The summed E-state index contributed by atoms with van der Waals surface area (Å²) in [4.78, 5) is 1.33. The van der Waals surface area contributed by atoms with E-state index < -0.39 is 0 Å². The molecule has 0 aliphatic carbocycles. The molecule has 0 aromatic heterocycles. The largest absolute Gasteiger partial charge is 0.160 e. The number of rotatable bonds is 0. The van der Waals surface area contributed by atoms with E-state index in [0.717, 1.165) is 0 Å². The third kappa shape index (κ3) is 2.82. The minimum absolute atomic E-state index is 0.324. The Hall–Kier alpha value is -0.340. The SMILES string of the molecule is CC.SC1C=Cc2ccccc2S1. The molecule has 0 saturated carbocycles. The van der Waals surface area contributed by atoms with Crippen molar-refractivity contribution in [3.8, 4) is 0 Å². The fourth-order valence-electron chi connectivity index (χ4n) is 1.08. The summed E-state index contributed by atoms with van der Waals surface area (Å²) in [5.41, 5.74) is 1.31. The molecule has 0 amide bonds. The molecule has 1 aromatic carbocycles. The molecule has 0 saturated heterocycles. The molecule has 0 fully saturated rings. The van der Waals surface area contributed by atoms with Gasteiger partial charge in [0.05, 0.1) is 4.58 Å². The van der Waals surface area contributed by atoms with Crippen molar-refractivity contribution < 1.29 is 0 Å². The van der Waals surface area contributed by atoms with Crippen LogP contribution < -0.4 is 0 Å². The van der Waals surface area contributed by atoms with Crippen LogP contribution in [0.5, 0.6) is 0 Å². The van der Waals surface area contributed by atoms with Crippen molar-refractivity contribution in [2.45, 2.75) is 23.3 Å². The van der Waals surface area contributed by atoms with E-state index in [9.17, 15) is 0 Å². The van der Waals surface area contributed by atoms with E-state index in [0.29, 0.717) is 4.58 Å². The minimum atomic E-state index is 0.324. The van der Waals surface area contributed by atoms with Crippen LogP contribution in [0.3, 0.4) is 0 Å². The molecule has 70 valence electrons. The zero-order valence-electron chi connectivity index (χ0n) is 7.90. The van der Waals surface area contributed by atoms with Crippen LogP contribution in [0.15, 0.2) is 35.2 Å². The highest BCUT2D eigenvalue weighted by molar-refractivity contribution is 8.10. The first-order valence-corrected chi connectivity index (χ1v) is 5.88. The van der Waals surface area contributed by atoms with Crippen molar-refractivity contribution in [3.05, 3.63) is 35.9 Å². The Labute approximate surface area is 89.8 Å². The van der Waals surface area contributed by atoms with Crippen molar-refractivity contribution >= 4 is 30.5 Å². The van der Waals surface area contributed by atoms with E-state index in [2.05, 4.69) is 49.0 Å². The molecule has 2 heteroatoms. The van der Waals surface area contributed by atoms with Gasteiger partial charge >= 0.3 is 0 Å². The average molecular weight is 210 g/mol. The lowest BCUT2D eigenvalue weighted by molar-refractivity contribution is 1.39. The molecule has 0 N–H and O–H groups in total. The summed E-state index contributed by atoms with van der Waals surface area (Å²) in [7, 11) is 0. The molecule has 13 heavy (non-hydrogen) atoms. The Kier molecular flexibility index (Phi) is 4.46. The Bertz CT molecular complexity index is 292. The summed E-state index contributed by atoms with van der Waals surface area (Å²) in [6, 6.07) is 8.37. The fraction of sp³-hybridized carbons (Fsp3) is 0.273. The predicted octanol–water partition coefficient (Wildman–Crippen LogP) is 4.09. The number of fused-ring (bicyclic) bond motifs is 1. The van der Waals surface area contributed by atoms with E-state index in [1.165, 1.54) is 10.5 Å². The van der Waals surface area contributed by atoms with Crippen LogP contribution in [0.1, 0.15) is 19.4 Å². The van der Waals surface area contributed by atoms with Gasteiger partial charge in [-0.3, -0.25) is 0 Å². The van der Waals surface area contributed by atoms with Gasteiger partial charge in [-0.15, -0.1) is 11.8 Å². The smallest absolute Gasteiger partial charge is 0.0703 e. The highest BCUT2D eigenvalue weighted by Crippen LogP contribution is 2.34. The molecule has 1 aromatic rings. The van der Waals surface area contributed by atoms with Gasteiger partial charge in [-0.25, -0.2) is 0 Å². The van der Waals surface area contributed by atoms with E-state index in [1.54, 1.807) is 11.8 Å². The fourth-order valence-corrected chi connectivity index (χ4v) is 2.35. The third-order valence-electron chi connectivity index (χ3n) is 1.61. The van der Waals surface area contributed by atoms with Gasteiger partial charge in [0.2, 0.25) is 0 Å². The maximum Gasteiger partial charge on any atom is 0.0703 e. The normalized spacial score (nSPS) is 18.5. The van der Waals surface area contributed by atoms with Crippen molar-refractivity contribution in [2.24, 2.45) is 0 Å².